The fourth-order valence-corrected chi connectivity index (χ4v) is 2.03. The van der Waals surface area contributed by atoms with Gasteiger partial charge in [0.1, 0.15) is 0 Å². The Hall–Kier alpha value is -0.790. The van der Waals surface area contributed by atoms with Gasteiger partial charge < -0.3 is 4.74 Å². The average Bonchev–Trinajstić information content (AvgIpc) is 2.52. The van der Waals surface area contributed by atoms with Gasteiger partial charge in [-0.05, 0) is 32.1 Å². The van der Waals surface area contributed by atoms with Crippen LogP contribution < -0.4 is 0 Å². The first-order valence-electron chi connectivity index (χ1n) is 5.23. The van der Waals surface area contributed by atoms with Crippen molar-refractivity contribution in [3.63, 3.8) is 0 Å². The predicted molar refractivity (Wildman–Crippen MR) is 56.8 cm³/mol. The molecule has 80 valence electrons. The summed E-state index contributed by atoms with van der Waals surface area (Å²) in [4.78, 5) is 11.6. The molecule has 0 aromatic heterocycles. The minimum Gasteiger partial charge on any atom is -0.466 e. The molecule has 0 saturated heterocycles. The second-order valence-electron chi connectivity index (χ2n) is 4.82. The van der Waals surface area contributed by atoms with Gasteiger partial charge in [-0.3, -0.25) is 4.79 Å². The van der Waals surface area contributed by atoms with Crippen LogP contribution in [0.15, 0.2) is 11.6 Å². The van der Waals surface area contributed by atoms with Gasteiger partial charge in [0.05, 0.1) is 12.5 Å². The minimum atomic E-state index is -0.0417. The smallest absolute Gasteiger partial charge is 0.310 e. The number of rotatable bonds is 3. The van der Waals surface area contributed by atoms with Gasteiger partial charge in [-0.1, -0.05) is 25.5 Å². The Balaban J connectivity index is 2.66. The summed E-state index contributed by atoms with van der Waals surface area (Å²) in [5.74, 6) is 0.392. The van der Waals surface area contributed by atoms with Crippen molar-refractivity contribution in [1.82, 2.24) is 0 Å². The van der Waals surface area contributed by atoms with Gasteiger partial charge in [-0.25, -0.2) is 0 Å². The quantitative estimate of drug-likeness (QED) is 0.512. The number of allylic oxidation sites excluding steroid dienone is 2. The largest absolute Gasteiger partial charge is 0.466 e. The number of hydrogen-bond acceptors (Lipinski definition) is 2. The Morgan fingerprint density at radius 3 is 2.43 bits per heavy atom. The van der Waals surface area contributed by atoms with Gasteiger partial charge in [0.2, 0.25) is 0 Å². The van der Waals surface area contributed by atoms with E-state index in [0.29, 0.717) is 12.5 Å². The van der Waals surface area contributed by atoms with E-state index in [1.54, 1.807) is 0 Å². The molecule has 1 fully saturated rings. The lowest BCUT2D eigenvalue weighted by atomic mass is 10.1. The summed E-state index contributed by atoms with van der Waals surface area (Å²) >= 11 is 0. The lowest BCUT2D eigenvalue weighted by Gasteiger charge is -2.01. The van der Waals surface area contributed by atoms with Crippen molar-refractivity contribution in [2.24, 2.45) is 17.3 Å². The van der Waals surface area contributed by atoms with Crippen LogP contribution in [-0.4, -0.2) is 12.6 Å². The summed E-state index contributed by atoms with van der Waals surface area (Å²) in [7, 11) is 0. The molecule has 0 amide bonds. The van der Waals surface area contributed by atoms with Gasteiger partial charge in [0.25, 0.3) is 0 Å². The average molecular weight is 196 g/mol. The third-order valence-electron chi connectivity index (χ3n) is 2.96. The number of ether oxygens (including phenoxy) is 1. The molecule has 2 atom stereocenters. The number of carbonyl (C=O) groups excluding carboxylic acids is 1. The van der Waals surface area contributed by atoms with Crippen molar-refractivity contribution in [1.29, 1.82) is 0 Å². The standard InChI is InChI=1S/C12H20O2/c1-6-14-11(13)10-9(7-8(2)3)12(10,4)5/h7,9-10H,6H2,1-5H3/t9-,10-/m0/s1. The Labute approximate surface area is 86.3 Å². The van der Waals surface area contributed by atoms with E-state index >= 15 is 0 Å². The number of hydrogen-bond donors (Lipinski definition) is 0. The molecule has 0 radical (unpaired) electrons. The zero-order chi connectivity index (χ0) is 10.9. The second-order valence-corrected chi connectivity index (χ2v) is 4.82. The van der Waals surface area contributed by atoms with Crippen LogP contribution in [0.3, 0.4) is 0 Å². The van der Waals surface area contributed by atoms with E-state index in [0.717, 1.165) is 0 Å². The highest BCUT2D eigenvalue weighted by Gasteiger charge is 2.61. The first-order valence-corrected chi connectivity index (χ1v) is 5.23. The Kier molecular flexibility index (Phi) is 3.03. The maximum atomic E-state index is 11.6. The van der Waals surface area contributed by atoms with Crippen molar-refractivity contribution in [3.8, 4) is 0 Å². The van der Waals surface area contributed by atoms with Crippen LogP contribution in [0.4, 0.5) is 0 Å². The SMILES string of the molecule is CCOC(=O)[C@@H]1[C@H](C=C(C)C)C1(C)C. The first kappa shape index (κ1) is 11.3. The molecule has 2 nitrogen and oxygen atoms in total. The fraction of sp³-hybridized carbons (Fsp3) is 0.750. The van der Waals surface area contributed by atoms with E-state index in [-0.39, 0.29) is 17.3 Å². The van der Waals surface area contributed by atoms with Crippen LogP contribution in [-0.2, 0) is 9.53 Å². The normalized spacial score (nSPS) is 28.1. The van der Waals surface area contributed by atoms with Crippen molar-refractivity contribution >= 4 is 5.97 Å². The van der Waals surface area contributed by atoms with Gasteiger partial charge in [0, 0.05) is 0 Å². The minimum absolute atomic E-state index is 0.0417. The zero-order valence-corrected chi connectivity index (χ0v) is 9.76. The summed E-state index contributed by atoms with van der Waals surface area (Å²) < 4.78 is 5.05. The van der Waals surface area contributed by atoms with E-state index in [1.165, 1.54) is 5.57 Å². The Morgan fingerprint density at radius 1 is 1.43 bits per heavy atom. The molecule has 0 aromatic carbocycles. The summed E-state index contributed by atoms with van der Waals surface area (Å²) in [6, 6.07) is 0. The Morgan fingerprint density at radius 2 is 2.00 bits per heavy atom. The molecular formula is C12H20O2. The van der Waals surface area contributed by atoms with E-state index < -0.39 is 0 Å². The van der Waals surface area contributed by atoms with Gasteiger partial charge in [-0.15, -0.1) is 0 Å². The van der Waals surface area contributed by atoms with E-state index in [2.05, 4.69) is 33.8 Å². The van der Waals surface area contributed by atoms with E-state index in [4.69, 9.17) is 4.74 Å². The van der Waals surface area contributed by atoms with Crippen LogP contribution in [0.1, 0.15) is 34.6 Å². The molecule has 0 heterocycles. The molecule has 1 aliphatic rings. The maximum Gasteiger partial charge on any atom is 0.310 e. The van der Waals surface area contributed by atoms with Crippen LogP contribution >= 0.6 is 0 Å². The van der Waals surface area contributed by atoms with Crippen molar-refractivity contribution in [2.75, 3.05) is 6.61 Å². The van der Waals surface area contributed by atoms with Gasteiger partial charge in [-0.2, -0.15) is 0 Å². The molecule has 2 heteroatoms. The second kappa shape index (κ2) is 3.76. The monoisotopic (exact) mass is 196 g/mol. The van der Waals surface area contributed by atoms with Crippen molar-refractivity contribution < 1.29 is 9.53 Å². The molecule has 0 spiro atoms. The first-order chi connectivity index (χ1) is 6.41. The highest BCUT2D eigenvalue weighted by Crippen LogP contribution is 2.59. The Bertz CT molecular complexity index is 259. The van der Waals surface area contributed by atoms with Crippen molar-refractivity contribution in [2.45, 2.75) is 34.6 Å². The van der Waals surface area contributed by atoms with Crippen LogP contribution in [0, 0.1) is 17.3 Å². The summed E-state index contributed by atoms with van der Waals surface area (Å²) in [6.45, 7) is 10.7. The predicted octanol–water partition coefficient (Wildman–Crippen LogP) is 2.79. The van der Waals surface area contributed by atoms with Crippen LogP contribution in [0.5, 0.6) is 0 Å². The molecule has 1 aliphatic carbocycles. The number of esters is 1. The maximum absolute atomic E-state index is 11.6. The zero-order valence-electron chi connectivity index (χ0n) is 9.76. The third-order valence-corrected chi connectivity index (χ3v) is 2.96. The molecule has 0 aromatic rings. The highest BCUT2D eigenvalue weighted by molar-refractivity contribution is 5.78. The molecule has 1 rings (SSSR count). The van der Waals surface area contributed by atoms with Gasteiger partial charge in [0.15, 0.2) is 0 Å². The van der Waals surface area contributed by atoms with Crippen LogP contribution in [0.25, 0.3) is 0 Å². The molecular weight excluding hydrogens is 176 g/mol. The van der Waals surface area contributed by atoms with Crippen molar-refractivity contribution in [3.05, 3.63) is 11.6 Å². The summed E-state index contributed by atoms with van der Waals surface area (Å²) in [6.07, 6.45) is 2.18. The number of carbonyl (C=O) groups is 1. The topological polar surface area (TPSA) is 26.3 Å². The fourth-order valence-electron chi connectivity index (χ4n) is 2.03. The highest BCUT2D eigenvalue weighted by atomic mass is 16.5. The molecule has 0 bridgehead atoms. The molecule has 0 unspecified atom stereocenters. The van der Waals surface area contributed by atoms with Gasteiger partial charge >= 0.3 is 5.97 Å². The summed E-state index contributed by atoms with van der Waals surface area (Å²) in [5.41, 5.74) is 1.36. The molecule has 0 aliphatic heterocycles. The molecule has 0 N–H and O–H groups in total. The molecule has 14 heavy (non-hydrogen) atoms. The molecule has 1 saturated carbocycles. The lowest BCUT2D eigenvalue weighted by molar-refractivity contribution is -0.145. The van der Waals surface area contributed by atoms with E-state index in [9.17, 15) is 4.79 Å². The summed E-state index contributed by atoms with van der Waals surface area (Å²) in [5, 5.41) is 0. The third kappa shape index (κ3) is 1.99. The van der Waals surface area contributed by atoms with E-state index in [1.807, 2.05) is 6.92 Å². The lowest BCUT2D eigenvalue weighted by Crippen LogP contribution is -2.10. The van der Waals surface area contributed by atoms with Crippen LogP contribution in [0.2, 0.25) is 0 Å².